The second-order valence-corrected chi connectivity index (χ2v) is 7.30. The topological polar surface area (TPSA) is 51.0 Å². The Kier molecular flexibility index (Phi) is 4.03. The molecule has 1 aliphatic rings. The highest BCUT2D eigenvalue weighted by molar-refractivity contribution is 8.13. The van der Waals surface area contributed by atoms with E-state index in [1.807, 2.05) is 60.1 Å². The average molecular weight is 354 g/mol. The molecule has 3 aromatic rings. The Morgan fingerprint density at radius 1 is 1.08 bits per heavy atom. The molecule has 2 aromatic carbocycles. The second-order valence-electron chi connectivity index (χ2n) is 5.29. The lowest BCUT2D eigenvalue weighted by Gasteiger charge is -2.30. The van der Waals surface area contributed by atoms with E-state index in [2.05, 4.69) is 10.2 Å². The highest BCUT2D eigenvalue weighted by Gasteiger charge is 2.28. The molecule has 0 spiro atoms. The van der Waals surface area contributed by atoms with Crippen LogP contribution < -0.4 is 4.90 Å². The van der Waals surface area contributed by atoms with Gasteiger partial charge in [-0.2, -0.15) is 0 Å². The first-order valence-corrected chi connectivity index (χ1v) is 9.20. The van der Waals surface area contributed by atoms with Crippen molar-refractivity contribution in [2.24, 2.45) is 7.05 Å². The molecular formula is C17H14N4OS2. The van der Waals surface area contributed by atoms with Gasteiger partial charge in [0.15, 0.2) is 0 Å². The Labute approximate surface area is 148 Å². The predicted octanol–water partition coefficient (Wildman–Crippen LogP) is 4.47. The van der Waals surface area contributed by atoms with Gasteiger partial charge in [-0.15, -0.1) is 10.2 Å². The number of aromatic nitrogens is 3. The maximum atomic E-state index is 13.0. The summed E-state index contributed by atoms with van der Waals surface area (Å²) >= 11 is 2.93. The summed E-state index contributed by atoms with van der Waals surface area (Å²) in [7, 11) is 1.88. The zero-order valence-corrected chi connectivity index (χ0v) is 14.5. The molecular weight excluding hydrogens is 340 g/mol. The standard InChI is InChI=1S/C17H14N4OS2/c1-20-11-18-19-16(20)10-23-17(22)21-12-6-2-4-8-14(12)24-15-9-5-3-7-13(15)21/h2-9,11H,10H2,1H3. The number of fused-ring (bicyclic) bond motifs is 2. The Bertz CT molecular complexity index is 863. The van der Waals surface area contributed by atoms with Crippen LogP contribution in [0.5, 0.6) is 0 Å². The molecule has 1 amide bonds. The van der Waals surface area contributed by atoms with Crippen molar-refractivity contribution in [2.75, 3.05) is 4.90 Å². The molecule has 1 aromatic heterocycles. The molecule has 2 heterocycles. The highest BCUT2D eigenvalue weighted by Crippen LogP contribution is 2.48. The number of aryl methyl sites for hydroxylation is 1. The van der Waals surface area contributed by atoms with Crippen LogP contribution in [0.3, 0.4) is 0 Å². The van der Waals surface area contributed by atoms with Gasteiger partial charge in [0, 0.05) is 16.8 Å². The van der Waals surface area contributed by atoms with Gasteiger partial charge in [0.25, 0.3) is 5.24 Å². The molecule has 0 saturated heterocycles. The van der Waals surface area contributed by atoms with Crippen LogP contribution in [0.15, 0.2) is 64.6 Å². The number of carbonyl (C=O) groups excluding carboxylic acids is 1. The number of amides is 1. The summed E-state index contributed by atoms with van der Waals surface area (Å²) < 4.78 is 1.83. The Hall–Kier alpha value is -2.25. The van der Waals surface area contributed by atoms with Crippen molar-refractivity contribution in [3.63, 3.8) is 0 Å². The van der Waals surface area contributed by atoms with Crippen molar-refractivity contribution in [3.8, 4) is 0 Å². The summed E-state index contributed by atoms with van der Waals surface area (Å²) in [5.41, 5.74) is 1.85. The van der Waals surface area contributed by atoms with Crippen molar-refractivity contribution in [3.05, 3.63) is 60.7 Å². The summed E-state index contributed by atoms with van der Waals surface area (Å²) in [6.07, 6.45) is 1.64. The van der Waals surface area contributed by atoms with Gasteiger partial charge in [0.2, 0.25) is 0 Å². The number of thioether (sulfide) groups is 1. The van der Waals surface area contributed by atoms with Crippen LogP contribution in [-0.4, -0.2) is 20.0 Å². The van der Waals surface area contributed by atoms with Crippen molar-refractivity contribution in [1.82, 2.24) is 14.8 Å². The van der Waals surface area contributed by atoms with E-state index in [0.717, 1.165) is 27.0 Å². The first-order chi connectivity index (χ1) is 11.7. The molecule has 1 aliphatic heterocycles. The molecule has 0 unspecified atom stereocenters. The van der Waals surface area contributed by atoms with Gasteiger partial charge in [-0.1, -0.05) is 47.8 Å². The Morgan fingerprint density at radius 2 is 1.71 bits per heavy atom. The number of nitrogens with zero attached hydrogens (tertiary/aromatic N) is 4. The summed E-state index contributed by atoms with van der Waals surface area (Å²) in [5, 5.41) is 7.88. The minimum atomic E-state index is -0.0156. The van der Waals surface area contributed by atoms with Gasteiger partial charge in [0.05, 0.1) is 17.1 Å². The zero-order chi connectivity index (χ0) is 16.5. The molecule has 0 radical (unpaired) electrons. The first kappa shape index (κ1) is 15.3. The van der Waals surface area contributed by atoms with E-state index in [1.165, 1.54) is 11.8 Å². The number of hydrogen-bond acceptors (Lipinski definition) is 5. The Morgan fingerprint density at radius 3 is 2.29 bits per heavy atom. The minimum Gasteiger partial charge on any atom is -0.320 e. The molecule has 7 heteroatoms. The van der Waals surface area contributed by atoms with Crippen molar-refractivity contribution < 1.29 is 4.79 Å². The predicted molar refractivity (Wildman–Crippen MR) is 96.8 cm³/mol. The lowest BCUT2D eigenvalue weighted by atomic mass is 10.2. The molecule has 0 N–H and O–H groups in total. The summed E-state index contributed by atoms with van der Waals surface area (Å²) in [5.74, 6) is 1.27. The SMILES string of the molecule is Cn1cnnc1CSC(=O)N1c2ccccc2Sc2ccccc21. The smallest absolute Gasteiger partial charge is 0.291 e. The van der Waals surface area contributed by atoms with E-state index in [4.69, 9.17) is 0 Å². The quantitative estimate of drug-likeness (QED) is 0.679. The fourth-order valence-electron chi connectivity index (χ4n) is 2.53. The number of para-hydroxylation sites is 2. The molecule has 5 nitrogen and oxygen atoms in total. The van der Waals surface area contributed by atoms with Crippen molar-refractivity contribution in [1.29, 1.82) is 0 Å². The van der Waals surface area contributed by atoms with Crippen molar-refractivity contribution in [2.45, 2.75) is 15.5 Å². The van der Waals surface area contributed by atoms with Crippen LogP contribution >= 0.6 is 23.5 Å². The lowest BCUT2D eigenvalue weighted by molar-refractivity contribution is 0.266. The number of hydrogen-bond donors (Lipinski definition) is 0. The molecule has 0 bridgehead atoms. The van der Waals surface area contributed by atoms with E-state index in [-0.39, 0.29) is 5.24 Å². The van der Waals surface area contributed by atoms with Crippen LogP contribution in [0.1, 0.15) is 5.82 Å². The fourth-order valence-corrected chi connectivity index (χ4v) is 4.43. The minimum absolute atomic E-state index is 0.0156. The maximum Gasteiger partial charge on any atom is 0.291 e. The van der Waals surface area contributed by atoms with Gasteiger partial charge in [-0.3, -0.25) is 9.69 Å². The van der Waals surface area contributed by atoms with Gasteiger partial charge in [0.1, 0.15) is 12.2 Å². The monoisotopic (exact) mass is 354 g/mol. The first-order valence-electron chi connectivity index (χ1n) is 7.40. The molecule has 0 atom stereocenters. The average Bonchev–Trinajstić information content (AvgIpc) is 3.02. The summed E-state index contributed by atoms with van der Waals surface area (Å²) in [4.78, 5) is 16.9. The summed E-state index contributed by atoms with van der Waals surface area (Å²) in [6.45, 7) is 0. The highest BCUT2D eigenvalue weighted by atomic mass is 32.2. The third-order valence-electron chi connectivity index (χ3n) is 3.74. The summed E-state index contributed by atoms with van der Waals surface area (Å²) in [6, 6.07) is 16.0. The number of anilines is 2. The molecule has 24 heavy (non-hydrogen) atoms. The molecule has 0 fully saturated rings. The van der Waals surface area contributed by atoms with Gasteiger partial charge in [-0.25, -0.2) is 0 Å². The lowest BCUT2D eigenvalue weighted by Crippen LogP contribution is -2.24. The van der Waals surface area contributed by atoms with Crippen LogP contribution in [0.2, 0.25) is 0 Å². The third kappa shape index (κ3) is 2.70. The van der Waals surface area contributed by atoms with E-state index in [1.54, 1.807) is 23.0 Å². The molecule has 120 valence electrons. The Balaban J connectivity index is 1.66. The van der Waals surface area contributed by atoms with Gasteiger partial charge < -0.3 is 4.57 Å². The van der Waals surface area contributed by atoms with E-state index in [9.17, 15) is 4.79 Å². The normalized spacial score (nSPS) is 12.6. The number of rotatable bonds is 2. The second kappa shape index (κ2) is 6.33. The third-order valence-corrected chi connectivity index (χ3v) is 5.71. The van der Waals surface area contributed by atoms with Crippen LogP contribution in [0, 0.1) is 0 Å². The van der Waals surface area contributed by atoms with Gasteiger partial charge in [-0.05, 0) is 24.3 Å². The maximum absolute atomic E-state index is 13.0. The van der Waals surface area contributed by atoms with Crippen LogP contribution in [0.4, 0.5) is 16.2 Å². The molecule has 0 aliphatic carbocycles. The fraction of sp³-hybridized carbons (Fsp3) is 0.118. The van der Waals surface area contributed by atoms with E-state index < -0.39 is 0 Å². The van der Waals surface area contributed by atoms with Gasteiger partial charge >= 0.3 is 0 Å². The van der Waals surface area contributed by atoms with Crippen LogP contribution in [0.25, 0.3) is 0 Å². The largest absolute Gasteiger partial charge is 0.320 e. The van der Waals surface area contributed by atoms with E-state index in [0.29, 0.717) is 5.75 Å². The van der Waals surface area contributed by atoms with Crippen LogP contribution in [-0.2, 0) is 12.8 Å². The zero-order valence-electron chi connectivity index (χ0n) is 12.9. The number of benzene rings is 2. The molecule has 0 saturated carbocycles. The number of carbonyl (C=O) groups is 1. The van der Waals surface area contributed by atoms with E-state index >= 15 is 0 Å². The molecule has 4 rings (SSSR count). The van der Waals surface area contributed by atoms with Crippen molar-refractivity contribution >= 4 is 40.1 Å².